The van der Waals surface area contributed by atoms with Gasteiger partial charge in [0.1, 0.15) is 11.6 Å². The van der Waals surface area contributed by atoms with Gasteiger partial charge >= 0.3 is 0 Å². The molecule has 15 heavy (non-hydrogen) atoms. The van der Waals surface area contributed by atoms with Gasteiger partial charge in [0.05, 0.1) is 0 Å². The van der Waals surface area contributed by atoms with Crippen molar-refractivity contribution in [3.8, 4) is 0 Å². The SMILES string of the molecule is CC1SCCC1Nc1cc(F)cc(F)c1. The minimum absolute atomic E-state index is 0.316. The monoisotopic (exact) mass is 229 g/mol. The molecule has 1 aromatic carbocycles. The smallest absolute Gasteiger partial charge is 0.128 e. The van der Waals surface area contributed by atoms with Gasteiger partial charge in [-0.15, -0.1) is 0 Å². The third-order valence-corrected chi connectivity index (χ3v) is 3.92. The van der Waals surface area contributed by atoms with Crippen LogP contribution in [0.3, 0.4) is 0 Å². The van der Waals surface area contributed by atoms with Crippen LogP contribution in [0.25, 0.3) is 0 Å². The van der Waals surface area contributed by atoms with E-state index in [1.807, 2.05) is 11.8 Å². The molecule has 4 heteroatoms. The zero-order valence-corrected chi connectivity index (χ0v) is 9.28. The van der Waals surface area contributed by atoms with Gasteiger partial charge in [-0.3, -0.25) is 0 Å². The number of hydrogen-bond donors (Lipinski definition) is 1. The average Bonchev–Trinajstić information content (AvgIpc) is 2.50. The number of halogens is 2. The molecule has 82 valence electrons. The van der Waals surface area contributed by atoms with Crippen molar-refractivity contribution in [1.82, 2.24) is 0 Å². The summed E-state index contributed by atoms with van der Waals surface area (Å²) >= 11 is 1.88. The van der Waals surface area contributed by atoms with Crippen molar-refractivity contribution in [3.05, 3.63) is 29.8 Å². The molecule has 0 spiro atoms. The summed E-state index contributed by atoms with van der Waals surface area (Å²) in [5.41, 5.74) is 0.534. The molecule has 0 bridgehead atoms. The summed E-state index contributed by atoms with van der Waals surface area (Å²) in [5, 5.41) is 3.67. The predicted molar refractivity (Wildman–Crippen MR) is 60.3 cm³/mol. The third kappa shape index (κ3) is 2.62. The summed E-state index contributed by atoms with van der Waals surface area (Å²) in [6, 6.07) is 3.87. The lowest BCUT2D eigenvalue weighted by molar-refractivity contribution is 0.583. The molecule has 2 unspecified atom stereocenters. The van der Waals surface area contributed by atoms with E-state index in [4.69, 9.17) is 0 Å². The number of nitrogens with one attached hydrogen (secondary N) is 1. The highest BCUT2D eigenvalue weighted by atomic mass is 32.2. The van der Waals surface area contributed by atoms with Gasteiger partial charge < -0.3 is 5.32 Å². The normalized spacial score (nSPS) is 25.5. The number of thioether (sulfide) groups is 1. The van der Waals surface area contributed by atoms with E-state index in [0.717, 1.165) is 18.2 Å². The lowest BCUT2D eigenvalue weighted by Crippen LogP contribution is -2.24. The van der Waals surface area contributed by atoms with Crippen LogP contribution >= 0.6 is 11.8 Å². The summed E-state index contributed by atoms with van der Waals surface area (Å²) < 4.78 is 25.8. The third-order valence-electron chi connectivity index (χ3n) is 2.59. The van der Waals surface area contributed by atoms with Gasteiger partial charge in [0, 0.05) is 23.0 Å². The van der Waals surface area contributed by atoms with E-state index in [2.05, 4.69) is 12.2 Å². The van der Waals surface area contributed by atoms with Crippen LogP contribution in [0.1, 0.15) is 13.3 Å². The van der Waals surface area contributed by atoms with Crippen LogP contribution in [0, 0.1) is 11.6 Å². The molecule has 0 radical (unpaired) electrons. The van der Waals surface area contributed by atoms with Crippen LogP contribution < -0.4 is 5.32 Å². The molecule has 0 saturated carbocycles. The Labute approximate surface area is 92.3 Å². The molecule has 1 heterocycles. The fourth-order valence-electron chi connectivity index (χ4n) is 1.77. The lowest BCUT2D eigenvalue weighted by Gasteiger charge is -2.17. The van der Waals surface area contributed by atoms with E-state index < -0.39 is 11.6 Å². The number of anilines is 1. The fraction of sp³-hybridized carbons (Fsp3) is 0.455. The van der Waals surface area contributed by atoms with E-state index in [9.17, 15) is 8.78 Å². The van der Waals surface area contributed by atoms with Crippen molar-refractivity contribution in [2.45, 2.75) is 24.6 Å². The predicted octanol–water partition coefficient (Wildman–Crippen LogP) is 3.27. The molecular formula is C11H13F2NS. The van der Waals surface area contributed by atoms with E-state index in [1.54, 1.807) is 0 Å². The zero-order chi connectivity index (χ0) is 10.8. The van der Waals surface area contributed by atoms with Crippen molar-refractivity contribution < 1.29 is 8.78 Å². The van der Waals surface area contributed by atoms with Crippen molar-refractivity contribution in [1.29, 1.82) is 0 Å². The van der Waals surface area contributed by atoms with Crippen molar-refractivity contribution >= 4 is 17.4 Å². The highest BCUT2D eigenvalue weighted by Gasteiger charge is 2.23. The van der Waals surface area contributed by atoms with Crippen LogP contribution in [0.15, 0.2) is 18.2 Å². The molecule has 2 atom stereocenters. The first-order valence-electron chi connectivity index (χ1n) is 4.99. The minimum Gasteiger partial charge on any atom is -0.381 e. The summed E-state index contributed by atoms with van der Waals surface area (Å²) in [5.74, 6) is 0.0444. The number of rotatable bonds is 2. The Bertz CT molecular complexity index is 336. The van der Waals surface area contributed by atoms with Gasteiger partial charge in [0.15, 0.2) is 0 Å². The van der Waals surface area contributed by atoms with E-state index in [-0.39, 0.29) is 0 Å². The minimum atomic E-state index is -0.532. The van der Waals surface area contributed by atoms with E-state index in [0.29, 0.717) is 17.0 Å². The van der Waals surface area contributed by atoms with Gasteiger partial charge in [-0.05, 0) is 24.3 Å². The topological polar surface area (TPSA) is 12.0 Å². The molecule has 0 amide bonds. The quantitative estimate of drug-likeness (QED) is 0.835. The molecular weight excluding hydrogens is 216 g/mol. The van der Waals surface area contributed by atoms with Crippen LogP contribution in [-0.2, 0) is 0 Å². The second-order valence-corrected chi connectivity index (χ2v) is 5.26. The number of hydrogen-bond acceptors (Lipinski definition) is 2. The zero-order valence-electron chi connectivity index (χ0n) is 8.47. The molecule has 1 nitrogen and oxygen atoms in total. The van der Waals surface area contributed by atoms with Crippen LogP contribution in [0.5, 0.6) is 0 Å². The molecule has 1 fully saturated rings. The maximum absolute atomic E-state index is 12.9. The highest BCUT2D eigenvalue weighted by Crippen LogP contribution is 2.29. The van der Waals surface area contributed by atoms with Gasteiger partial charge in [-0.25, -0.2) is 8.78 Å². The van der Waals surface area contributed by atoms with E-state index >= 15 is 0 Å². The van der Waals surface area contributed by atoms with Crippen molar-refractivity contribution in [2.75, 3.05) is 11.1 Å². The molecule has 1 aromatic rings. The highest BCUT2D eigenvalue weighted by molar-refractivity contribution is 8.00. The summed E-state index contributed by atoms with van der Waals surface area (Å²) in [6.07, 6.45) is 1.05. The maximum Gasteiger partial charge on any atom is 0.128 e. The van der Waals surface area contributed by atoms with E-state index in [1.165, 1.54) is 12.1 Å². The van der Waals surface area contributed by atoms with Gasteiger partial charge in [0.25, 0.3) is 0 Å². The Morgan fingerprint density at radius 2 is 1.93 bits per heavy atom. The van der Waals surface area contributed by atoms with Crippen molar-refractivity contribution in [3.63, 3.8) is 0 Å². The molecule has 2 rings (SSSR count). The first-order valence-corrected chi connectivity index (χ1v) is 6.04. The van der Waals surface area contributed by atoms with Crippen LogP contribution in [0.2, 0.25) is 0 Å². The standard InChI is InChI=1S/C11H13F2NS/c1-7-11(2-3-15-7)14-10-5-8(12)4-9(13)6-10/h4-7,11,14H,2-3H2,1H3. The van der Waals surface area contributed by atoms with Gasteiger partial charge in [0.2, 0.25) is 0 Å². The van der Waals surface area contributed by atoms with Crippen LogP contribution in [0.4, 0.5) is 14.5 Å². The average molecular weight is 229 g/mol. The second-order valence-electron chi connectivity index (χ2n) is 3.77. The van der Waals surface area contributed by atoms with Gasteiger partial charge in [-0.1, -0.05) is 6.92 Å². The second kappa shape index (κ2) is 4.39. The van der Waals surface area contributed by atoms with Gasteiger partial charge in [-0.2, -0.15) is 11.8 Å². The first kappa shape index (κ1) is 10.7. The fourth-order valence-corrected chi connectivity index (χ4v) is 2.97. The molecule has 0 aliphatic carbocycles. The van der Waals surface area contributed by atoms with Crippen molar-refractivity contribution in [2.24, 2.45) is 0 Å². The Balaban J connectivity index is 2.10. The Morgan fingerprint density at radius 1 is 1.27 bits per heavy atom. The first-order chi connectivity index (χ1) is 7.15. The lowest BCUT2D eigenvalue weighted by atomic mass is 10.1. The molecule has 1 aliphatic heterocycles. The maximum atomic E-state index is 12.9. The number of benzene rings is 1. The molecule has 1 N–H and O–H groups in total. The summed E-state index contributed by atoms with van der Waals surface area (Å²) in [4.78, 5) is 0. The summed E-state index contributed by atoms with van der Waals surface area (Å²) in [6.45, 7) is 2.13. The largest absolute Gasteiger partial charge is 0.381 e. The Hall–Kier alpha value is -0.770. The molecule has 1 aliphatic rings. The molecule has 0 aromatic heterocycles. The Morgan fingerprint density at radius 3 is 2.47 bits per heavy atom. The summed E-state index contributed by atoms with van der Waals surface area (Å²) in [7, 11) is 0. The molecule has 1 saturated heterocycles. The Kier molecular flexibility index (Phi) is 3.14. The van der Waals surface area contributed by atoms with Crippen LogP contribution in [-0.4, -0.2) is 17.0 Å².